The van der Waals surface area contributed by atoms with Crippen LogP contribution in [0, 0.1) is 0 Å². The van der Waals surface area contributed by atoms with Crippen molar-refractivity contribution in [2.75, 3.05) is 0 Å². The summed E-state index contributed by atoms with van der Waals surface area (Å²) >= 11 is 0. The van der Waals surface area contributed by atoms with Gasteiger partial charge in [0, 0.05) is 0 Å². The molecule has 1 aliphatic heterocycles. The van der Waals surface area contributed by atoms with E-state index >= 15 is 0 Å². The Labute approximate surface area is 116 Å². The molecule has 0 spiro atoms. The standard InChI is InChI=1S/C14H22O3SSi/c1-5-9-13-14(17-13,19(2,3)4)18(15,16)12-10-7-6-8-11-12/h6-8,10-11,13H,5,9H2,1-4H3/t13-,14+/m1/s1. The second-order valence-corrected chi connectivity index (χ2v) is 13.8. The molecule has 1 saturated heterocycles. The van der Waals surface area contributed by atoms with Gasteiger partial charge >= 0.3 is 0 Å². The Bertz CT molecular complexity index is 548. The van der Waals surface area contributed by atoms with Crippen LogP contribution in [0.15, 0.2) is 35.2 Å². The van der Waals surface area contributed by atoms with Gasteiger partial charge in [-0.15, -0.1) is 0 Å². The van der Waals surface area contributed by atoms with E-state index in [-0.39, 0.29) is 6.10 Å². The molecule has 106 valence electrons. The summed E-state index contributed by atoms with van der Waals surface area (Å²) in [6.07, 6.45) is 1.63. The molecule has 0 saturated carbocycles. The van der Waals surface area contributed by atoms with Crippen molar-refractivity contribution in [3.63, 3.8) is 0 Å². The lowest BCUT2D eigenvalue weighted by molar-refractivity contribution is 0.367. The van der Waals surface area contributed by atoms with Crippen molar-refractivity contribution in [3.8, 4) is 0 Å². The normalized spacial score (nSPS) is 27.3. The molecule has 1 fully saturated rings. The molecule has 1 heterocycles. The third-order valence-electron chi connectivity index (χ3n) is 3.73. The lowest BCUT2D eigenvalue weighted by atomic mass is 10.3. The first-order valence-corrected chi connectivity index (χ1v) is 11.7. The van der Waals surface area contributed by atoms with Crippen LogP contribution in [0.1, 0.15) is 19.8 Å². The van der Waals surface area contributed by atoms with Crippen molar-refractivity contribution in [1.29, 1.82) is 0 Å². The molecular weight excluding hydrogens is 276 g/mol. The van der Waals surface area contributed by atoms with E-state index < -0.39 is 22.5 Å². The molecule has 1 aromatic carbocycles. The third kappa shape index (κ3) is 2.17. The zero-order valence-electron chi connectivity index (χ0n) is 12.0. The summed E-state index contributed by atoms with van der Waals surface area (Å²) in [6, 6.07) is 8.70. The van der Waals surface area contributed by atoms with Crippen LogP contribution in [0.3, 0.4) is 0 Å². The first kappa shape index (κ1) is 14.7. The van der Waals surface area contributed by atoms with Gasteiger partial charge in [-0.3, -0.25) is 0 Å². The van der Waals surface area contributed by atoms with Gasteiger partial charge in [-0.25, -0.2) is 8.42 Å². The molecule has 0 radical (unpaired) electrons. The van der Waals surface area contributed by atoms with Crippen LogP contribution in [0.2, 0.25) is 19.6 Å². The van der Waals surface area contributed by atoms with Crippen molar-refractivity contribution in [2.24, 2.45) is 0 Å². The fourth-order valence-electron chi connectivity index (χ4n) is 2.76. The van der Waals surface area contributed by atoms with Crippen molar-refractivity contribution in [1.82, 2.24) is 0 Å². The highest BCUT2D eigenvalue weighted by Crippen LogP contribution is 2.53. The van der Waals surface area contributed by atoms with E-state index in [1.165, 1.54) is 0 Å². The second kappa shape index (κ2) is 4.72. The van der Waals surface area contributed by atoms with E-state index in [1.807, 2.05) is 6.07 Å². The molecule has 0 amide bonds. The number of sulfone groups is 1. The molecule has 0 bridgehead atoms. The van der Waals surface area contributed by atoms with E-state index in [4.69, 9.17) is 4.74 Å². The summed E-state index contributed by atoms with van der Waals surface area (Å²) in [4.78, 5) is 0.385. The fourth-order valence-corrected chi connectivity index (χ4v) is 9.52. The number of hydrogen-bond acceptors (Lipinski definition) is 3. The summed E-state index contributed by atoms with van der Waals surface area (Å²) in [5, 5.41) is 0. The van der Waals surface area contributed by atoms with Crippen LogP contribution >= 0.6 is 0 Å². The minimum Gasteiger partial charge on any atom is -0.353 e. The van der Waals surface area contributed by atoms with Gasteiger partial charge in [0.05, 0.1) is 11.0 Å². The SMILES string of the molecule is CCC[C@H]1O[C@]1([Si](C)(C)C)S(=O)(=O)c1ccccc1. The average molecular weight is 298 g/mol. The molecule has 0 aliphatic carbocycles. The maximum Gasteiger partial charge on any atom is 0.207 e. The van der Waals surface area contributed by atoms with Crippen molar-refractivity contribution < 1.29 is 13.2 Å². The van der Waals surface area contributed by atoms with E-state index in [2.05, 4.69) is 26.6 Å². The maximum absolute atomic E-state index is 13.0. The molecule has 3 nitrogen and oxygen atoms in total. The molecule has 19 heavy (non-hydrogen) atoms. The van der Waals surface area contributed by atoms with Crippen molar-refractivity contribution in [2.45, 2.75) is 55.0 Å². The Hall–Kier alpha value is -0.653. The summed E-state index contributed by atoms with van der Waals surface area (Å²) in [6.45, 7) is 8.28. The molecule has 0 aromatic heterocycles. The minimum absolute atomic E-state index is 0.130. The number of epoxide rings is 1. The third-order valence-corrected chi connectivity index (χ3v) is 11.0. The van der Waals surface area contributed by atoms with Gasteiger partial charge in [0.15, 0.2) is 4.56 Å². The quantitative estimate of drug-likeness (QED) is 0.619. The van der Waals surface area contributed by atoms with E-state index in [0.717, 1.165) is 12.8 Å². The summed E-state index contributed by atoms with van der Waals surface area (Å²) in [5.41, 5.74) is 0. The fraction of sp³-hybridized carbons (Fsp3) is 0.571. The topological polar surface area (TPSA) is 46.7 Å². The van der Waals surface area contributed by atoms with Crippen molar-refractivity contribution >= 4 is 17.9 Å². The summed E-state index contributed by atoms with van der Waals surface area (Å²) in [5.74, 6) is 0. The van der Waals surface area contributed by atoms with Crippen molar-refractivity contribution in [3.05, 3.63) is 30.3 Å². The van der Waals surface area contributed by atoms with Crippen LogP contribution in [0.5, 0.6) is 0 Å². The lowest BCUT2D eigenvalue weighted by Gasteiger charge is -2.26. The number of hydrogen-bond donors (Lipinski definition) is 0. The number of ether oxygens (including phenoxy) is 1. The highest BCUT2D eigenvalue weighted by molar-refractivity contribution is 7.95. The molecule has 0 unspecified atom stereocenters. The maximum atomic E-state index is 13.0. The predicted molar refractivity (Wildman–Crippen MR) is 79.5 cm³/mol. The van der Waals surface area contributed by atoms with Crippen LogP contribution < -0.4 is 0 Å². The van der Waals surface area contributed by atoms with Gasteiger partial charge in [-0.2, -0.15) is 0 Å². The molecular formula is C14H22O3SSi. The Balaban J connectivity index is 2.48. The van der Waals surface area contributed by atoms with E-state index in [1.54, 1.807) is 24.3 Å². The van der Waals surface area contributed by atoms with Crippen LogP contribution in [-0.2, 0) is 14.6 Å². The van der Waals surface area contributed by atoms with Gasteiger partial charge in [-0.05, 0) is 18.6 Å². The van der Waals surface area contributed by atoms with Crippen LogP contribution in [-0.4, -0.2) is 27.2 Å². The number of benzene rings is 1. The molecule has 5 heteroatoms. The van der Waals surface area contributed by atoms with Crippen LogP contribution in [0.4, 0.5) is 0 Å². The lowest BCUT2D eigenvalue weighted by Crippen LogP contribution is -2.49. The molecule has 0 N–H and O–H groups in total. The Morgan fingerprint density at radius 1 is 1.21 bits per heavy atom. The smallest absolute Gasteiger partial charge is 0.207 e. The predicted octanol–water partition coefficient (Wildman–Crippen LogP) is 3.23. The molecule has 1 aromatic rings. The Kier molecular flexibility index (Phi) is 3.66. The Morgan fingerprint density at radius 2 is 1.79 bits per heavy atom. The summed E-state index contributed by atoms with van der Waals surface area (Å²) in [7, 11) is -5.42. The monoisotopic (exact) mass is 298 g/mol. The average Bonchev–Trinajstić information content (AvgIpc) is 3.06. The van der Waals surface area contributed by atoms with Gasteiger partial charge in [0.25, 0.3) is 0 Å². The molecule has 2 atom stereocenters. The zero-order chi connectivity index (χ0) is 14.3. The van der Waals surface area contributed by atoms with Gasteiger partial charge in [-0.1, -0.05) is 51.2 Å². The van der Waals surface area contributed by atoms with Gasteiger partial charge in [0.1, 0.15) is 8.07 Å². The second-order valence-electron chi connectivity index (χ2n) is 6.13. The van der Waals surface area contributed by atoms with Crippen LogP contribution in [0.25, 0.3) is 0 Å². The van der Waals surface area contributed by atoms with Gasteiger partial charge in [0.2, 0.25) is 9.84 Å². The first-order chi connectivity index (χ1) is 8.77. The largest absolute Gasteiger partial charge is 0.353 e. The number of rotatable bonds is 5. The van der Waals surface area contributed by atoms with E-state index in [0.29, 0.717) is 4.90 Å². The zero-order valence-corrected chi connectivity index (χ0v) is 13.8. The first-order valence-electron chi connectivity index (χ1n) is 6.75. The molecule has 1 aliphatic rings. The highest BCUT2D eigenvalue weighted by Gasteiger charge is 2.72. The minimum atomic E-state index is -3.42. The summed E-state index contributed by atoms with van der Waals surface area (Å²) < 4.78 is 30.8. The van der Waals surface area contributed by atoms with Gasteiger partial charge < -0.3 is 4.74 Å². The molecule has 2 rings (SSSR count). The van der Waals surface area contributed by atoms with E-state index in [9.17, 15) is 8.42 Å². The Morgan fingerprint density at radius 3 is 2.26 bits per heavy atom. The highest BCUT2D eigenvalue weighted by atomic mass is 32.2.